The third-order valence-corrected chi connectivity index (χ3v) is 6.15. The number of pyridine rings is 1. The summed E-state index contributed by atoms with van der Waals surface area (Å²) in [6.45, 7) is 6.57. The Morgan fingerprint density at radius 2 is 1.90 bits per heavy atom. The van der Waals surface area contributed by atoms with Crippen molar-refractivity contribution in [1.82, 2.24) is 15.2 Å². The zero-order chi connectivity index (χ0) is 22.4. The molecule has 1 aromatic heterocycles. The molecule has 4 rings (SSSR count). The number of nitrogens with one attached hydrogen (secondary N) is 1. The van der Waals surface area contributed by atoms with Crippen molar-refractivity contribution in [1.29, 1.82) is 0 Å². The highest BCUT2D eigenvalue weighted by atomic mass is 19.4. The first-order valence-corrected chi connectivity index (χ1v) is 11.5. The first-order chi connectivity index (χ1) is 14.8. The fraction of sp³-hybridized carbons (Fsp3) is 0.739. The number of ether oxygens (including phenoxy) is 1. The van der Waals surface area contributed by atoms with E-state index in [1.54, 1.807) is 4.90 Å². The molecule has 2 fully saturated rings. The Labute approximate surface area is 182 Å². The van der Waals surface area contributed by atoms with E-state index < -0.39 is 11.7 Å². The normalized spacial score (nSPS) is 24.4. The van der Waals surface area contributed by atoms with E-state index in [1.807, 2.05) is 0 Å². The van der Waals surface area contributed by atoms with Gasteiger partial charge in [-0.3, -0.25) is 9.78 Å². The van der Waals surface area contributed by atoms with Crippen LogP contribution in [0.2, 0.25) is 0 Å². The lowest BCUT2D eigenvalue weighted by molar-refractivity contribution is -0.137. The highest BCUT2D eigenvalue weighted by Gasteiger charge is 2.36. The van der Waals surface area contributed by atoms with E-state index in [4.69, 9.17) is 4.74 Å². The number of rotatable bonds is 3. The number of aromatic nitrogens is 1. The van der Waals surface area contributed by atoms with Crippen LogP contribution in [-0.4, -0.2) is 47.6 Å². The second-order valence-corrected chi connectivity index (χ2v) is 8.80. The van der Waals surface area contributed by atoms with Crippen molar-refractivity contribution in [2.75, 3.05) is 19.8 Å². The fourth-order valence-corrected chi connectivity index (χ4v) is 4.58. The Bertz CT molecular complexity index is 735. The molecule has 1 saturated heterocycles. The van der Waals surface area contributed by atoms with E-state index in [9.17, 15) is 18.0 Å². The summed E-state index contributed by atoms with van der Waals surface area (Å²) in [5.41, 5.74) is 0.439. The highest BCUT2D eigenvalue weighted by molar-refractivity contribution is 5.79. The average Bonchev–Trinajstić information content (AvgIpc) is 3.21. The summed E-state index contributed by atoms with van der Waals surface area (Å²) >= 11 is 0. The molecule has 1 aliphatic carbocycles. The van der Waals surface area contributed by atoms with Gasteiger partial charge in [0.05, 0.1) is 5.56 Å². The molecule has 1 amide bonds. The number of hydrogen-bond donors (Lipinski definition) is 1. The monoisotopic (exact) mass is 441 g/mol. The van der Waals surface area contributed by atoms with Gasteiger partial charge < -0.3 is 15.0 Å². The largest absolute Gasteiger partial charge is 0.417 e. The molecule has 1 aromatic rings. The summed E-state index contributed by atoms with van der Waals surface area (Å²) in [6, 6.07) is 1.94. The van der Waals surface area contributed by atoms with Crippen LogP contribution >= 0.6 is 0 Å². The number of hydrogen-bond acceptors (Lipinski definition) is 4. The third kappa shape index (κ3) is 6.42. The van der Waals surface area contributed by atoms with Gasteiger partial charge in [0, 0.05) is 62.6 Å². The van der Waals surface area contributed by atoms with Gasteiger partial charge >= 0.3 is 6.18 Å². The first kappa shape index (κ1) is 24.0. The quantitative estimate of drug-likeness (QED) is 0.758. The maximum absolute atomic E-state index is 13.0. The first-order valence-electron chi connectivity index (χ1n) is 11.5. The molecular weight excluding hydrogens is 407 g/mol. The molecule has 0 aromatic carbocycles. The average molecular weight is 442 g/mol. The highest BCUT2D eigenvalue weighted by Crippen LogP contribution is 2.33. The summed E-state index contributed by atoms with van der Waals surface area (Å²) in [5, 5.41) is 3.66. The number of carbonyl (C=O) groups excluding carboxylic acids is 1. The molecule has 3 heterocycles. The van der Waals surface area contributed by atoms with Crippen molar-refractivity contribution in [2.24, 2.45) is 5.92 Å². The number of halogens is 3. The summed E-state index contributed by atoms with van der Waals surface area (Å²) in [4.78, 5) is 18.7. The van der Waals surface area contributed by atoms with Gasteiger partial charge in [0.25, 0.3) is 0 Å². The Hall–Kier alpha value is -1.67. The number of alkyl halides is 3. The van der Waals surface area contributed by atoms with Crippen molar-refractivity contribution >= 4 is 5.91 Å². The maximum Gasteiger partial charge on any atom is 0.417 e. The number of fused-ring (bicyclic) bond motifs is 1. The number of amides is 1. The lowest BCUT2D eigenvalue weighted by Gasteiger charge is -2.31. The van der Waals surface area contributed by atoms with Gasteiger partial charge in [-0.1, -0.05) is 20.3 Å². The van der Waals surface area contributed by atoms with Gasteiger partial charge in [0.1, 0.15) is 0 Å². The standard InChI is InChI=1S/C20H26F3N3O2.C3H8/c21-20(22,23)15-9-14-12-26(6-3-18(14)24-11-15)19(27)13-1-2-17(10-13)25-16-4-7-28-8-5-16;1-3-2/h9,11,13,16-17,25H,1-8,10,12H2;3H2,1-2H3/t13?,17-;/m1./s1. The SMILES string of the molecule is CCC.O=C(C1CC[C@@H](NC2CCOCC2)C1)N1CCc2ncc(C(F)(F)F)cc2C1. The number of nitrogens with zero attached hydrogens (tertiary/aromatic N) is 2. The van der Waals surface area contributed by atoms with E-state index in [-0.39, 0.29) is 18.4 Å². The van der Waals surface area contributed by atoms with Crippen LogP contribution in [0.1, 0.15) is 69.2 Å². The van der Waals surface area contributed by atoms with Gasteiger partial charge in [-0.25, -0.2) is 0 Å². The number of carbonyl (C=O) groups is 1. The molecule has 1 unspecified atom stereocenters. The molecule has 2 atom stereocenters. The Kier molecular flexibility index (Phi) is 8.33. The lowest BCUT2D eigenvalue weighted by atomic mass is 10.00. The fourth-order valence-electron chi connectivity index (χ4n) is 4.58. The smallest absolute Gasteiger partial charge is 0.381 e. The van der Waals surface area contributed by atoms with Crippen LogP contribution in [-0.2, 0) is 28.7 Å². The molecule has 5 nitrogen and oxygen atoms in total. The van der Waals surface area contributed by atoms with Crippen molar-refractivity contribution < 1.29 is 22.7 Å². The van der Waals surface area contributed by atoms with E-state index in [0.717, 1.165) is 57.6 Å². The molecule has 31 heavy (non-hydrogen) atoms. The summed E-state index contributed by atoms with van der Waals surface area (Å²) in [6.07, 6.45) is 2.86. The molecule has 8 heteroatoms. The Morgan fingerprint density at radius 1 is 1.19 bits per heavy atom. The topological polar surface area (TPSA) is 54.5 Å². The molecule has 174 valence electrons. The van der Waals surface area contributed by atoms with Gasteiger partial charge in [-0.05, 0) is 43.7 Å². The van der Waals surface area contributed by atoms with Crippen LogP contribution in [0.4, 0.5) is 13.2 Å². The minimum Gasteiger partial charge on any atom is -0.381 e. The molecular formula is C23H34F3N3O2. The Balaban J connectivity index is 0.000000858. The second-order valence-electron chi connectivity index (χ2n) is 8.80. The molecule has 0 bridgehead atoms. The molecule has 0 radical (unpaired) electrons. The van der Waals surface area contributed by atoms with Crippen LogP contribution in [0.15, 0.2) is 12.3 Å². The van der Waals surface area contributed by atoms with Crippen molar-refractivity contribution in [3.05, 3.63) is 29.1 Å². The second kappa shape index (κ2) is 10.8. The van der Waals surface area contributed by atoms with Crippen LogP contribution in [0.25, 0.3) is 0 Å². The minimum absolute atomic E-state index is 0.0438. The maximum atomic E-state index is 13.0. The van der Waals surface area contributed by atoms with Gasteiger partial charge in [0.15, 0.2) is 0 Å². The summed E-state index contributed by atoms with van der Waals surface area (Å²) in [7, 11) is 0. The zero-order valence-electron chi connectivity index (χ0n) is 18.5. The summed E-state index contributed by atoms with van der Waals surface area (Å²) in [5.74, 6) is 0.0250. The van der Waals surface area contributed by atoms with Crippen LogP contribution in [0.5, 0.6) is 0 Å². The Morgan fingerprint density at radius 3 is 2.58 bits per heavy atom. The molecule has 2 aliphatic heterocycles. The lowest BCUT2D eigenvalue weighted by Crippen LogP contribution is -2.42. The van der Waals surface area contributed by atoms with Crippen LogP contribution in [0, 0.1) is 5.92 Å². The molecule has 1 N–H and O–H groups in total. The van der Waals surface area contributed by atoms with Crippen LogP contribution < -0.4 is 5.32 Å². The van der Waals surface area contributed by atoms with Gasteiger partial charge in [-0.2, -0.15) is 13.2 Å². The van der Waals surface area contributed by atoms with Crippen molar-refractivity contribution in [2.45, 2.75) is 83.6 Å². The molecule has 0 spiro atoms. The summed E-state index contributed by atoms with van der Waals surface area (Å²) < 4.78 is 44.3. The van der Waals surface area contributed by atoms with Gasteiger partial charge in [0.2, 0.25) is 5.91 Å². The zero-order valence-corrected chi connectivity index (χ0v) is 18.5. The van der Waals surface area contributed by atoms with Crippen LogP contribution in [0.3, 0.4) is 0 Å². The third-order valence-electron chi connectivity index (χ3n) is 6.15. The van der Waals surface area contributed by atoms with Crippen molar-refractivity contribution in [3.8, 4) is 0 Å². The predicted molar refractivity (Wildman–Crippen MR) is 112 cm³/mol. The minimum atomic E-state index is -4.41. The van der Waals surface area contributed by atoms with E-state index in [2.05, 4.69) is 24.1 Å². The molecule has 1 saturated carbocycles. The van der Waals surface area contributed by atoms with E-state index in [0.29, 0.717) is 36.3 Å². The van der Waals surface area contributed by atoms with E-state index in [1.165, 1.54) is 6.42 Å². The van der Waals surface area contributed by atoms with E-state index >= 15 is 0 Å². The molecule has 3 aliphatic rings. The van der Waals surface area contributed by atoms with Crippen molar-refractivity contribution in [3.63, 3.8) is 0 Å². The van der Waals surface area contributed by atoms with Gasteiger partial charge in [-0.15, -0.1) is 0 Å². The predicted octanol–water partition coefficient (Wildman–Crippen LogP) is 4.34.